The van der Waals surface area contributed by atoms with Crippen LogP contribution in [0.2, 0.25) is 0 Å². The summed E-state index contributed by atoms with van der Waals surface area (Å²) in [6, 6.07) is 6.37. The van der Waals surface area contributed by atoms with Gasteiger partial charge >= 0.3 is 5.97 Å². The molecule has 0 aliphatic rings. The lowest BCUT2D eigenvalue weighted by Crippen LogP contribution is -2.28. The minimum Gasteiger partial charge on any atom is -0.464 e. The number of ether oxygens (including phenoxy) is 1. The van der Waals surface area contributed by atoms with Gasteiger partial charge in [0.25, 0.3) is 5.69 Å². The second-order valence-corrected chi connectivity index (χ2v) is 5.28. The fourth-order valence-electron chi connectivity index (χ4n) is 1.74. The molecule has 6 nitrogen and oxygen atoms in total. The Balaban J connectivity index is 0.00000441. The van der Waals surface area contributed by atoms with Crippen molar-refractivity contribution >= 4 is 35.8 Å². The van der Waals surface area contributed by atoms with Crippen LogP contribution in [-0.4, -0.2) is 47.8 Å². The normalized spacial score (nSPS) is 10.1. The van der Waals surface area contributed by atoms with Crippen LogP contribution in [0.15, 0.2) is 29.2 Å². The molecule has 22 heavy (non-hydrogen) atoms. The number of carbonyl (C=O) groups excluding carboxylic acids is 1. The van der Waals surface area contributed by atoms with Crippen molar-refractivity contribution in [1.82, 2.24) is 4.90 Å². The number of thioether (sulfide) groups is 1. The van der Waals surface area contributed by atoms with Crippen molar-refractivity contribution in [2.24, 2.45) is 0 Å². The van der Waals surface area contributed by atoms with Crippen molar-refractivity contribution in [3.63, 3.8) is 0 Å². The molecule has 0 aliphatic heterocycles. The van der Waals surface area contributed by atoms with Gasteiger partial charge in [-0.1, -0.05) is 26.0 Å². The van der Waals surface area contributed by atoms with Gasteiger partial charge in [0.05, 0.1) is 15.6 Å². The van der Waals surface area contributed by atoms with Crippen molar-refractivity contribution in [3.8, 4) is 0 Å². The summed E-state index contributed by atoms with van der Waals surface area (Å²) < 4.78 is 5.13. The van der Waals surface area contributed by atoms with Crippen LogP contribution in [0.5, 0.6) is 0 Å². The van der Waals surface area contributed by atoms with Crippen molar-refractivity contribution < 1.29 is 14.5 Å². The third-order valence-electron chi connectivity index (χ3n) is 2.97. The Labute approximate surface area is 140 Å². The number of para-hydroxylation sites is 1. The molecule has 0 spiro atoms. The lowest BCUT2D eigenvalue weighted by atomic mass is 10.3. The van der Waals surface area contributed by atoms with Gasteiger partial charge in [0.1, 0.15) is 6.61 Å². The first kappa shape index (κ1) is 20.7. The third kappa shape index (κ3) is 7.11. The molecule has 0 heterocycles. The van der Waals surface area contributed by atoms with Gasteiger partial charge < -0.3 is 9.64 Å². The van der Waals surface area contributed by atoms with E-state index in [1.807, 2.05) is 0 Å². The molecule has 0 saturated carbocycles. The number of benzene rings is 1. The highest BCUT2D eigenvalue weighted by Gasteiger charge is 2.14. The highest BCUT2D eigenvalue weighted by Crippen LogP contribution is 2.28. The van der Waals surface area contributed by atoms with E-state index in [0.717, 1.165) is 24.9 Å². The van der Waals surface area contributed by atoms with Crippen LogP contribution in [0.4, 0.5) is 5.69 Å². The maximum absolute atomic E-state index is 11.6. The van der Waals surface area contributed by atoms with Gasteiger partial charge in [-0.25, -0.2) is 0 Å². The van der Waals surface area contributed by atoms with E-state index >= 15 is 0 Å². The Morgan fingerprint density at radius 2 is 1.95 bits per heavy atom. The SMILES string of the molecule is CCN(CC)CCOC(=O)CSc1ccccc1[N+](=O)[O-].Cl. The predicted octanol–water partition coefficient (Wildman–Crippen LogP) is 2.99. The zero-order valence-corrected chi connectivity index (χ0v) is 14.3. The van der Waals surface area contributed by atoms with Crippen LogP contribution in [0.1, 0.15) is 13.8 Å². The molecule has 0 saturated heterocycles. The number of hydrogen-bond acceptors (Lipinski definition) is 6. The van der Waals surface area contributed by atoms with E-state index in [1.165, 1.54) is 6.07 Å². The number of carbonyl (C=O) groups is 1. The summed E-state index contributed by atoms with van der Waals surface area (Å²) in [4.78, 5) is 24.7. The number of nitro groups is 1. The Bertz CT molecular complexity index is 484. The Hall–Kier alpha value is -1.31. The second kappa shape index (κ2) is 11.3. The number of esters is 1. The van der Waals surface area contributed by atoms with Crippen molar-refractivity contribution in [2.75, 3.05) is 32.0 Å². The smallest absolute Gasteiger partial charge is 0.316 e. The Kier molecular flexibility index (Phi) is 10.6. The van der Waals surface area contributed by atoms with E-state index in [2.05, 4.69) is 18.7 Å². The van der Waals surface area contributed by atoms with Gasteiger partial charge in [0.15, 0.2) is 0 Å². The molecule has 124 valence electrons. The van der Waals surface area contributed by atoms with Gasteiger partial charge in [-0.3, -0.25) is 14.9 Å². The van der Waals surface area contributed by atoms with Gasteiger partial charge in [0, 0.05) is 12.6 Å². The summed E-state index contributed by atoms with van der Waals surface area (Å²) in [7, 11) is 0. The summed E-state index contributed by atoms with van der Waals surface area (Å²) in [5.41, 5.74) is 0.0124. The molecule has 0 aliphatic carbocycles. The molecule has 0 amide bonds. The number of hydrogen-bond donors (Lipinski definition) is 0. The zero-order chi connectivity index (χ0) is 15.7. The molecule has 0 fully saturated rings. The molecular formula is C14H21ClN2O4S. The third-order valence-corrected chi connectivity index (χ3v) is 4.01. The minimum atomic E-state index is -0.450. The second-order valence-electron chi connectivity index (χ2n) is 4.26. The van der Waals surface area contributed by atoms with E-state index in [0.29, 0.717) is 18.0 Å². The number of nitro benzene ring substituents is 1. The molecule has 0 N–H and O–H groups in total. The average Bonchev–Trinajstić information content (AvgIpc) is 2.49. The summed E-state index contributed by atoms with van der Waals surface area (Å²) in [5.74, 6) is -0.284. The van der Waals surface area contributed by atoms with Gasteiger partial charge in [-0.2, -0.15) is 0 Å². The van der Waals surface area contributed by atoms with Gasteiger partial charge in [-0.15, -0.1) is 24.2 Å². The van der Waals surface area contributed by atoms with Gasteiger partial charge in [0.2, 0.25) is 0 Å². The molecule has 1 aromatic carbocycles. The fourth-order valence-corrected chi connectivity index (χ4v) is 2.56. The number of nitrogens with zero attached hydrogens (tertiary/aromatic N) is 2. The van der Waals surface area contributed by atoms with E-state index in [1.54, 1.807) is 18.2 Å². The summed E-state index contributed by atoms with van der Waals surface area (Å²) >= 11 is 1.12. The molecular weight excluding hydrogens is 328 g/mol. The largest absolute Gasteiger partial charge is 0.464 e. The van der Waals surface area contributed by atoms with E-state index < -0.39 is 4.92 Å². The fraction of sp³-hybridized carbons (Fsp3) is 0.500. The van der Waals surface area contributed by atoms with Crippen LogP contribution in [0, 0.1) is 10.1 Å². The first-order chi connectivity index (χ1) is 10.1. The molecule has 0 aromatic heterocycles. The standard InChI is InChI=1S/C14H20N2O4S.ClH/c1-3-15(4-2)9-10-20-14(17)11-21-13-8-6-5-7-12(13)16(18)19;/h5-8H,3-4,9-11H2,1-2H3;1H. The molecule has 0 atom stereocenters. The number of rotatable bonds is 9. The van der Waals surface area contributed by atoms with E-state index in [-0.39, 0.29) is 29.8 Å². The first-order valence-electron chi connectivity index (χ1n) is 6.82. The lowest BCUT2D eigenvalue weighted by molar-refractivity contribution is -0.387. The molecule has 8 heteroatoms. The van der Waals surface area contributed by atoms with Crippen molar-refractivity contribution in [2.45, 2.75) is 18.7 Å². The quantitative estimate of drug-likeness (QED) is 0.295. The number of halogens is 1. The zero-order valence-electron chi connectivity index (χ0n) is 12.7. The Morgan fingerprint density at radius 3 is 2.55 bits per heavy atom. The minimum absolute atomic E-state index is 0. The number of likely N-dealkylation sites (N-methyl/N-ethyl adjacent to an activating group) is 1. The maximum Gasteiger partial charge on any atom is 0.316 e. The van der Waals surface area contributed by atoms with Crippen LogP contribution >= 0.6 is 24.2 Å². The van der Waals surface area contributed by atoms with Crippen LogP contribution < -0.4 is 0 Å². The summed E-state index contributed by atoms with van der Waals surface area (Å²) in [5, 5.41) is 10.9. The molecule has 0 bridgehead atoms. The molecule has 1 aromatic rings. The molecule has 0 radical (unpaired) electrons. The van der Waals surface area contributed by atoms with E-state index in [4.69, 9.17) is 4.74 Å². The Morgan fingerprint density at radius 1 is 1.32 bits per heavy atom. The predicted molar refractivity (Wildman–Crippen MR) is 89.8 cm³/mol. The van der Waals surface area contributed by atoms with Crippen molar-refractivity contribution in [1.29, 1.82) is 0 Å². The van der Waals surface area contributed by atoms with Crippen LogP contribution in [0.25, 0.3) is 0 Å². The van der Waals surface area contributed by atoms with Gasteiger partial charge in [-0.05, 0) is 19.2 Å². The topological polar surface area (TPSA) is 72.7 Å². The van der Waals surface area contributed by atoms with Crippen molar-refractivity contribution in [3.05, 3.63) is 34.4 Å². The average molecular weight is 349 g/mol. The monoisotopic (exact) mass is 348 g/mol. The first-order valence-corrected chi connectivity index (χ1v) is 7.81. The van der Waals surface area contributed by atoms with Crippen LogP contribution in [0.3, 0.4) is 0 Å². The highest BCUT2D eigenvalue weighted by molar-refractivity contribution is 8.00. The maximum atomic E-state index is 11.6. The summed E-state index contributed by atoms with van der Waals surface area (Å²) in [6.45, 7) is 6.98. The molecule has 0 unspecified atom stereocenters. The summed E-state index contributed by atoms with van der Waals surface area (Å²) in [6.07, 6.45) is 0. The van der Waals surface area contributed by atoms with E-state index in [9.17, 15) is 14.9 Å². The lowest BCUT2D eigenvalue weighted by Gasteiger charge is -2.17. The highest BCUT2D eigenvalue weighted by atomic mass is 35.5. The molecule has 1 rings (SSSR count). The van der Waals surface area contributed by atoms with Crippen LogP contribution in [-0.2, 0) is 9.53 Å².